The first-order valence-corrected chi connectivity index (χ1v) is 11.6. The van der Waals surface area contributed by atoms with Crippen LogP contribution in [0.1, 0.15) is 37.9 Å². The fraction of sp³-hybridized carbons (Fsp3) is 0.632. The molecule has 7 heteroatoms. The molecule has 5 rings (SSSR count). The number of nitrogens with one attached hydrogen (secondary N) is 1. The van der Waals surface area contributed by atoms with Crippen molar-refractivity contribution in [3.8, 4) is 0 Å². The first-order chi connectivity index (χ1) is 12.8. The van der Waals surface area contributed by atoms with Gasteiger partial charge in [0.25, 0.3) is 0 Å². The van der Waals surface area contributed by atoms with Crippen molar-refractivity contribution in [3.63, 3.8) is 0 Å². The lowest BCUT2D eigenvalue weighted by Crippen LogP contribution is -2.49. The van der Waals surface area contributed by atoms with Gasteiger partial charge in [-0.15, -0.1) is 33.7 Å². The van der Waals surface area contributed by atoms with Crippen LogP contribution >= 0.6 is 23.5 Å². The fourth-order valence-electron chi connectivity index (χ4n) is 5.15. The van der Waals surface area contributed by atoms with Crippen LogP contribution in [0, 0.1) is 17.8 Å². The van der Waals surface area contributed by atoms with E-state index >= 15 is 0 Å². The number of carbonyl (C=O) groups is 1. The zero-order valence-corrected chi connectivity index (χ0v) is 16.4. The molecule has 2 aromatic heterocycles. The van der Waals surface area contributed by atoms with Gasteiger partial charge in [-0.2, -0.15) is 0 Å². The van der Waals surface area contributed by atoms with E-state index in [4.69, 9.17) is 0 Å². The zero-order chi connectivity index (χ0) is 17.6. The quantitative estimate of drug-likeness (QED) is 0.874. The second kappa shape index (κ2) is 6.75. The van der Waals surface area contributed by atoms with Crippen molar-refractivity contribution in [2.75, 3.05) is 11.5 Å². The molecular weight excluding hydrogens is 364 g/mol. The Kier molecular flexibility index (Phi) is 4.39. The molecule has 0 radical (unpaired) electrons. The Labute approximate surface area is 162 Å². The Morgan fingerprint density at radius 2 is 1.96 bits per heavy atom. The van der Waals surface area contributed by atoms with E-state index in [1.54, 1.807) is 0 Å². The Hall–Kier alpha value is -1.21. The minimum Gasteiger partial charge on any atom is -0.349 e. The number of fused-ring (bicyclic) bond motifs is 1. The monoisotopic (exact) mass is 388 g/mol. The van der Waals surface area contributed by atoms with Gasteiger partial charge in [-0.1, -0.05) is 12.5 Å². The molecule has 1 spiro atoms. The Morgan fingerprint density at radius 3 is 2.73 bits per heavy atom. The van der Waals surface area contributed by atoms with Crippen LogP contribution in [0.2, 0.25) is 0 Å². The molecule has 1 saturated heterocycles. The Bertz CT molecular complexity index is 801. The third-order valence-corrected chi connectivity index (χ3v) is 10.3. The van der Waals surface area contributed by atoms with Crippen molar-refractivity contribution < 1.29 is 4.79 Å². The van der Waals surface area contributed by atoms with Crippen LogP contribution in [0.4, 0.5) is 0 Å². The van der Waals surface area contributed by atoms with Gasteiger partial charge in [0.05, 0.1) is 10.6 Å². The third kappa shape index (κ3) is 2.74. The molecule has 3 heterocycles. The van der Waals surface area contributed by atoms with E-state index in [0.29, 0.717) is 22.5 Å². The summed E-state index contributed by atoms with van der Waals surface area (Å²) in [4.78, 5) is 12.9. The average Bonchev–Trinajstić information content (AvgIpc) is 3.27. The molecule has 1 aliphatic heterocycles. The number of hydrogen-bond donors (Lipinski definition) is 1. The highest BCUT2D eigenvalue weighted by molar-refractivity contribution is 8.21. The third-order valence-electron chi connectivity index (χ3n) is 6.30. The molecule has 1 unspecified atom stereocenters. The number of rotatable bonds is 3. The van der Waals surface area contributed by atoms with Crippen LogP contribution in [-0.4, -0.2) is 36.1 Å². The Morgan fingerprint density at radius 1 is 1.19 bits per heavy atom. The Balaban J connectivity index is 1.27. The summed E-state index contributed by atoms with van der Waals surface area (Å²) >= 11 is 4.39. The van der Waals surface area contributed by atoms with Crippen LogP contribution < -0.4 is 5.32 Å². The van der Waals surface area contributed by atoms with Crippen molar-refractivity contribution in [1.29, 1.82) is 0 Å². The molecule has 0 aromatic carbocycles. The number of thioether (sulfide) groups is 2. The zero-order valence-electron chi connectivity index (χ0n) is 14.8. The van der Waals surface area contributed by atoms with Gasteiger partial charge in [0.15, 0.2) is 11.5 Å². The predicted molar refractivity (Wildman–Crippen MR) is 106 cm³/mol. The van der Waals surface area contributed by atoms with Gasteiger partial charge in [0.2, 0.25) is 5.91 Å². The lowest BCUT2D eigenvalue weighted by molar-refractivity contribution is -0.127. The topological polar surface area (TPSA) is 59.3 Å². The van der Waals surface area contributed by atoms with Gasteiger partial charge in [0.1, 0.15) is 0 Å². The lowest BCUT2D eigenvalue weighted by Gasteiger charge is -2.52. The molecule has 1 N–H and O–H groups in total. The second-order valence-corrected chi connectivity index (χ2v) is 10.7. The first-order valence-electron chi connectivity index (χ1n) is 9.60. The van der Waals surface area contributed by atoms with E-state index in [-0.39, 0.29) is 11.8 Å². The summed E-state index contributed by atoms with van der Waals surface area (Å²) in [6, 6.07) is 5.83. The minimum absolute atomic E-state index is 0.164. The molecule has 138 valence electrons. The second-order valence-electron chi connectivity index (χ2n) is 7.67. The summed E-state index contributed by atoms with van der Waals surface area (Å²) < 4.78 is 2.37. The van der Waals surface area contributed by atoms with Gasteiger partial charge in [-0.3, -0.25) is 9.20 Å². The summed E-state index contributed by atoms with van der Waals surface area (Å²) in [5.74, 6) is 5.15. The molecule has 26 heavy (non-hydrogen) atoms. The molecule has 2 aliphatic carbocycles. The molecule has 3 aliphatic rings. The maximum Gasteiger partial charge on any atom is 0.223 e. The van der Waals surface area contributed by atoms with E-state index in [0.717, 1.165) is 24.3 Å². The summed E-state index contributed by atoms with van der Waals surface area (Å²) in [6.07, 6.45) is 8.01. The van der Waals surface area contributed by atoms with Crippen LogP contribution in [0.3, 0.4) is 0 Å². The number of hydrogen-bond acceptors (Lipinski definition) is 5. The van der Waals surface area contributed by atoms with Crippen molar-refractivity contribution in [2.24, 2.45) is 17.8 Å². The van der Waals surface area contributed by atoms with Gasteiger partial charge in [0, 0.05) is 23.6 Å². The summed E-state index contributed by atoms with van der Waals surface area (Å²) in [5, 5.41) is 11.5. The molecule has 2 bridgehead atoms. The molecule has 1 amide bonds. The number of carbonyl (C=O) groups excluding carboxylic acids is 1. The van der Waals surface area contributed by atoms with E-state index in [9.17, 15) is 4.79 Å². The SMILES string of the molecule is O=C(NCc1nnc2ccccn12)C1C[C@H]2CCC[C@@H](C1)C21SCCS1. The van der Waals surface area contributed by atoms with Crippen molar-refractivity contribution in [1.82, 2.24) is 19.9 Å². The standard InChI is InChI=1S/C19H24N4OS2/c24-18(20-12-17-22-21-16-6-1-2-7-23(16)17)13-10-14-4-3-5-15(11-13)19(14)25-8-9-26-19/h1-2,6-7,13-15H,3-5,8-12H2,(H,20,24)/t13?,14-,15+. The van der Waals surface area contributed by atoms with Crippen molar-refractivity contribution >= 4 is 35.1 Å². The van der Waals surface area contributed by atoms with E-state index in [1.165, 1.54) is 30.8 Å². The van der Waals surface area contributed by atoms with Gasteiger partial charge < -0.3 is 5.32 Å². The normalized spacial score (nSPS) is 29.9. The summed E-state index contributed by atoms with van der Waals surface area (Å²) in [6.45, 7) is 0.449. The van der Waals surface area contributed by atoms with E-state index in [1.807, 2.05) is 28.8 Å². The van der Waals surface area contributed by atoms with E-state index < -0.39 is 0 Å². The molecule has 2 aromatic rings. The highest BCUT2D eigenvalue weighted by atomic mass is 32.2. The predicted octanol–water partition coefficient (Wildman–Crippen LogP) is 3.35. The maximum atomic E-state index is 12.9. The van der Waals surface area contributed by atoms with E-state index in [2.05, 4.69) is 39.0 Å². The average molecular weight is 389 g/mol. The highest BCUT2D eigenvalue weighted by Crippen LogP contribution is 2.64. The van der Waals surface area contributed by atoms with Crippen LogP contribution in [0.25, 0.3) is 5.65 Å². The summed E-state index contributed by atoms with van der Waals surface area (Å²) in [5.41, 5.74) is 0.821. The lowest BCUT2D eigenvalue weighted by atomic mass is 9.67. The smallest absolute Gasteiger partial charge is 0.223 e. The van der Waals surface area contributed by atoms with Crippen molar-refractivity contribution in [3.05, 3.63) is 30.2 Å². The highest BCUT2D eigenvalue weighted by Gasteiger charge is 2.55. The van der Waals surface area contributed by atoms with Gasteiger partial charge >= 0.3 is 0 Å². The van der Waals surface area contributed by atoms with Crippen LogP contribution in [0.5, 0.6) is 0 Å². The minimum atomic E-state index is 0.164. The number of aromatic nitrogens is 3. The maximum absolute atomic E-state index is 12.9. The number of amides is 1. The van der Waals surface area contributed by atoms with Crippen molar-refractivity contribution in [2.45, 2.75) is 42.7 Å². The molecule has 3 atom stereocenters. The summed E-state index contributed by atoms with van der Waals surface area (Å²) in [7, 11) is 0. The van der Waals surface area contributed by atoms with Gasteiger partial charge in [-0.05, 0) is 49.7 Å². The number of nitrogens with zero attached hydrogens (tertiary/aromatic N) is 3. The molecule has 2 saturated carbocycles. The van der Waals surface area contributed by atoms with Crippen LogP contribution in [0.15, 0.2) is 24.4 Å². The molecule has 3 fully saturated rings. The van der Waals surface area contributed by atoms with Gasteiger partial charge in [-0.25, -0.2) is 0 Å². The first kappa shape index (κ1) is 16.9. The number of pyridine rings is 1. The molecular formula is C19H24N4OS2. The molecule has 5 nitrogen and oxygen atoms in total. The largest absolute Gasteiger partial charge is 0.349 e. The fourth-order valence-corrected chi connectivity index (χ4v) is 9.08. The van der Waals surface area contributed by atoms with Crippen LogP contribution in [-0.2, 0) is 11.3 Å².